The van der Waals surface area contributed by atoms with Gasteiger partial charge >= 0.3 is 0 Å². The summed E-state index contributed by atoms with van der Waals surface area (Å²) >= 11 is 1.36. The first kappa shape index (κ1) is 20.9. The van der Waals surface area contributed by atoms with Crippen molar-refractivity contribution in [1.82, 2.24) is 9.97 Å². The number of aromatic amines is 1. The third-order valence-corrected chi connectivity index (χ3v) is 6.18. The van der Waals surface area contributed by atoms with Crippen molar-refractivity contribution in [3.8, 4) is 0 Å². The summed E-state index contributed by atoms with van der Waals surface area (Å²) in [5, 5.41) is 5.86. The summed E-state index contributed by atoms with van der Waals surface area (Å²) in [7, 11) is 0. The van der Waals surface area contributed by atoms with Crippen molar-refractivity contribution in [2.45, 2.75) is 37.1 Å². The summed E-state index contributed by atoms with van der Waals surface area (Å²) in [6.07, 6.45) is -0.106. The van der Waals surface area contributed by atoms with E-state index >= 15 is 0 Å². The molecule has 1 unspecified atom stereocenters. The molecule has 0 saturated carbocycles. The van der Waals surface area contributed by atoms with Crippen molar-refractivity contribution in [2.75, 3.05) is 10.6 Å². The van der Waals surface area contributed by atoms with Gasteiger partial charge in [-0.25, -0.2) is 4.98 Å². The van der Waals surface area contributed by atoms with Gasteiger partial charge in [-0.1, -0.05) is 48.2 Å². The third kappa shape index (κ3) is 4.69. The van der Waals surface area contributed by atoms with Crippen molar-refractivity contribution in [2.24, 2.45) is 0 Å². The zero-order valence-electron chi connectivity index (χ0n) is 17.2. The molecule has 0 aliphatic carbocycles. The SMILES string of the molecule is Cc1ccc(NC(=O)C2CC(=O)Nc3nc(SCc4ccccc4)[nH]c(=O)c32)cc1C. The van der Waals surface area contributed by atoms with Crippen molar-refractivity contribution in [1.29, 1.82) is 0 Å². The number of fused-ring (bicyclic) bond motifs is 1. The van der Waals surface area contributed by atoms with Gasteiger partial charge in [-0.05, 0) is 42.7 Å². The summed E-state index contributed by atoms with van der Waals surface area (Å²) in [5.41, 5.74) is 3.63. The van der Waals surface area contributed by atoms with Crippen LogP contribution in [0.4, 0.5) is 11.5 Å². The van der Waals surface area contributed by atoms with E-state index in [0.29, 0.717) is 16.6 Å². The molecule has 0 radical (unpaired) electrons. The summed E-state index contributed by atoms with van der Waals surface area (Å²) in [6.45, 7) is 3.94. The molecule has 0 fully saturated rings. The third-order valence-electron chi connectivity index (χ3n) is 5.24. The highest BCUT2D eigenvalue weighted by atomic mass is 32.2. The predicted molar refractivity (Wildman–Crippen MR) is 121 cm³/mol. The maximum absolute atomic E-state index is 12.9. The van der Waals surface area contributed by atoms with Gasteiger partial charge in [0.1, 0.15) is 5.82 Å². The standard InChI is InChI=1S/C23H22N4O3S/c1-13-8-9-16(10-14(13)2)24-21(29)17-11-18(28)25-20-19(17)22(30)27-23(26-20)31-12-15-6-4-3-5-7-15/h3-10,17H,11-12H2,1-2H3,(H,24,29)(H2,25,26,27,28,30). The van der Waals surface area contributed by atoms with Crippen LogP contribution >= 0.6 is 11.8 Å². The van der Waals surface area contributed by atoms with E-state index in [9.17, 15) is 14.4 Å². The van der Waals surface area contributed by atoms with Crippen molar-refractivity contribution >= 4 is 35.1 Å². The van der Waals surface area contributed by atoms with Crippen LogP contribution in [0.25, 0.3) is 0 Å². The van der Waals surface area contributed by atoms with Crippen LogP contribution in [0.2, 0.25) is 0 Å². The fourth-order valence-corrected chi connectivity index (χ4v) is 4.23. The molecule has 1 aromatic heterocycles. The Bertz CT molecular complexity index is 1210. The van der Waals surface area contributed by atoms with Gasteiger partial charge in [0.2, 0.25) is 11.8 Å². The number of H-pyrrole nitrogens is 1. The van der Waals surface area contributed by atoms with Crippen LogP contribution in [0.15, 0.2) is 58.5 Å². The number of aryl methyl sites for hydroxylation is 2. The minimum atomic E-state index is -0.908. The van der Waals surface area contributed by atoms with Crippen LogP contribution in [0.5, 0.6) is 0 Å². The molecule has 0 saturated heterocycles. The Morgan fingerprint density at radius 3 is 2.65 bits per heavy atom. The molecule has 2 aromatic carbocycles. The van der Waals surface area contributed by atoms with Crippen LogP contribution < -0.4 is 16.2 Å². The number of anilines is 2. The number of nitrogens with one attached hydrogen (secondary N) is 3. The molecular formula is C23H22N4O3S. The summed E-state index contributed by atoms with van der Waals surface area (Å²) in [6, 6.07) is 15.4. The van der Waals surface area contributed by atoms with Gasteiger partial charge < -0.3 is 15.6 Å². The molecule has 0 bridgehead atoms. The highest BCUT2D eigenvalue weighted by Gasteiger charge is 2.34. The molecular weight excluding hydrogens is 412 g/mol. The zero-order chi connectivity index (χ0) is 22.0. The first-order valence-electron chi connectivity index (χ1n) is 9.89. The van der Waals surface area contributed by atoms with Gasteiger partial charge in [-0.2, -0.15) is 0 Å². The highest BCUT2D eigenvalue weighted by Crippen LogP contribution is 2.31. The van der Waals surface area contributed by atoms with Crippen LogP contribution in [0.3, 0.4) is 0 Å². The van der Waals surface area contributed by atoms with Crippen molar-refractivity contribution in [3.05, 3.63) is 81.1 Å². The second kappa shape index (κ2) is 8.77. The minimum absolute atomic E-state index is 0.106. The number of benzene rings is 2. The average molecular weight is 435 g/mol. The van der Waals surface area contributed by atoms with Gasteiger partial charge in [-0.3, -0.25) is 14.4 Å². The molecule has 3 aromatic rings. The number of thioether (sulfide) groups is 1. The van der Waals surface area contributed by atoms with Crippen LogP contribution in [0.1, 0.15) is 34.6 Å². The van der Waals surface area contributed by atoms with E-state index < -0.39 is 17.4 Å². The average Bonchev–Trinajstić information content (AvgIpc) is 2.74. The maximum atomic E-state index is 12.9. The fourth-order valence-electron chi connectivity index (χ4n) is 3.42. The van der Waals surface area contributed by atoms with Crippen molar-refractivity contribution in [3.63, 3.8) is 0 Å². The van der Waals surface area contributed by atoms with Crippen LogP contribution in [0, 0.1) is 13.8 Å². The molecule has 158 valence electrons. The van der Waals surface area contributed by atoms with Gasteiger partial charge in [0.05, 0.1) is 11.5 Å². The molecule has 4 rings (SSSR count). The largest absolute Gasteiger partial charge is 0.326 e. The number of aromatic nitrogens is 2. The molecule has 2 heterocycles. The lowest BCUT2D eigenvalue weighted by Gasteiger charge is -2.23. The molecule has 1 aliphatic heterocycles. The Morgan fingerprint density at radius 1 is 1.13 bits per heavy atom. The molecule has 7 nitrogen and oxygen atoms in total. The summed E-state index contributed by atoms with van der Waals surface area (Å²) in [5.74, 6) is -0.889. The van der Waals surface area contributed by atoms with Crippen LogP contribution in [-0.2, 0) is 15.3 Å². The molecule has 1 aliphatic rings. The van der Waals surface area contributed by atoms with Gasteiger partial charge in [0.25, 0.3) is 5.56 Å². The van der Waals surface area contributed by atoms with Gasteiger partial charge in [0.15, 0.2) is 5.16 Å². The monoisotopic (exact) mass is 434 g/mol. The Labute approximate surface area is 183 Å². The summed E-state index contributed by atoms with van der Waals surface area (Å²) < 4.78 is 0. The molecule has 8 heteroatoms. The fraction of sp³-hybridized carbons (Fsp3) is 0.217. The number of nitrogens with zero attached hydrogens (tertiary/aromatic N) is 1. The molecule has 0 spiro atoms. The van der Waals surface area contributed by atoms with Gasteiger partial charge in [-0.15, -0.1) is 0 Å². The lowest BCUT2D eigenvalue weighted by atomic mass is 9.92. The van der Waals surface area contributed by atoms with Gasteiger partial charge in [0, 0.05) is 17.9 Å². The predicted octanol–water partition coefficient (Wildman–Crippen LogP) is 3.74. The Kier molecular flexibility index (Phi) is 5.90. The topological polar surface area (TPSA) is 104 Å². The molecule has 1 atom stereocenters. The lowest BCUT2D eigenvalue weighted by Crippen LogP contribution is -2.36. The van der Waals surface area contributed by atoms with E-state index in [0.717, 1.165) is 16.7 Å². The summed E-state index contributed by atoms with van der Waals surface area (Å²) in [4.78, 5) is 45.2. The van der Waals surface area contributed by atoms with Crippen LogP contribution in [-0.4, -0.2) is 21.8 Å². The smallest absolute Gasteiger partial charge is 0.257 e. The number of hydrogen-bond donors (Lipinski definition) is 3. The van der Waals surface area contributed by atoms with E-state index in [4.69, 9.17) is 0 Å². The number of amides is 2. The quantitative estimate of drug-likeness (QED) is 0.419. The minimum Gasteiger partial charge on any atom is -0.326 e. The number of rotatable bonds is 5. The normalized spacial score (nSPS) is 15.2. The van der Waals surface area contributed by atoms with E-state index in [1.54, 1.807) is 6.07 Å². The second-order valence-corrected chi connectivity index (χ2v) is 8.46. The first-order valence-corrected chi connectivity index (χ1v) is 10.9. The number of hydrogen-bond acceptors (Lipinski definition) is 5. The van der Waals surface area contributed by atoms with E-state index in [2.05, 4.69) is 20.6 Å². The Morgan fingerprint density at radius 2 is 1.90 bits per heavy atom. The first-order chi connectivity index (χ1) is 14.9. The molecule has 31 heavy (non-hydrogen) atoms. The number of carbonyl (C=O) groups excluding carboxylic acids is 2. The van der Waals surface area contributed by atoms with E-state index in [1.807, 2.05) is 56.3 Å². The maximum Gasteiger partial charge on any atom is 0.257 e. The molecule has 3 N–H and O–H groups in total. The van der Waals surface area contributed by atoms with Crippen molar-refractivity contribution < 1.29 is 9.59 Å². The Hall–Kier alpha value is -3.39. The Balaban J connectivity index is 1.58. The van der Waals surface area contributed by atoms with E-state index in [1.165, 1.54) is 11.8 Å². The highest BCUT2D eigenvalue weighted by molar-refractivity contribution is 7.98. The lowest BCUT2D eigenvalue weighted by molar-refractivity contribution is -0.123. The van der Waals surface area contributed by atoms with E-state index in [-0.39, 0.29) is 23.7 Å². The second-order valence-electron chi connectivity index (χ2n) is 7.50. The molecule has 2 amide bonds. The zero-order valence-corrected chi connectivity index (χ0v) is 18.0. The number of carbonyl (C=O) groups is 2.